The molecule has 1 amide bonds. The molecule has 120 valence electrons. The average molecular weight is 333 g/mol. The van der Waals surface area contributed by atoms with Crippen LogP contribution in [-0.4, -0.2) is 40.0 Å². The van der Waals surface area contributed by atoms with Crippen molar-refractivity contribution in [2.45, 2.75) is 18.9 Å². The maximum absolute atomic E-state index is 12.8. The molecular weight excluding hydrogens is 317 g/mol. The normalized spacial score (nSPS) is 18.3. The number of thiophene rings is 1. The zero-order chi connectivity index (χ0) is 16.1. The summed E-state index contributed by atoms with van der Waals surface area (Å²) in [4.78, 5) is 22.6. The van der Waals surface area contributed by atoms with Crippen molar-refractivity contribution < 1.29 is 13.9 Å². The summed E-state index contributed by atoms with van der Waals surface area (Å²) in [6.45, 7) is 1.19. The molecule has 1 saturated heterocycles. The topological polar surface area (TPSA) is 55.3 Å². The van der Waals surface area contributed by atoms with Crippen molar-refractivity contribution in [3.8, 4) is 6.01 Å². The molecule has 2 aromatic heterocycles. The van der Waals surface area contributed by atoms with Crippen LogP contribution < -0.4 is 4.74 Å². The van der Waals surface area contributed by atoms with Gasteiger partial charge in [0, 0.05) is 17.5 Å². The van der Waals surface area contributed by atoms with E-state index < -0.39 is 5.82 Å². The third kappa shape index (κ3) is 4.35. The number of carbonyl (C=O) groups excluding carboxylic acids is 1. The van der Waals surface area contributed by atoms with Gasteiger partial charge in [0.15, 0.2) is 5.82 Å². The van der Waals surface area contributed by atoms with E-state index in [4.69, 9.17) is 4.74 Å². The van der Waals surface area contributed by atoms with Crippen LogP contribution in [0.3, 0.4) is 0 Å². The van der Waals surface area contributed by atoms with E-state index in [1.54, 1.807) is 22.3 Å². The van der Waals surface area contributed by atoms with Crippen LogP contribution in [0.2, 0.25) is 0 Å². The Morgan fingerprint density at radius 2 is 2.26 bits per heavy atom. The van der Waals surface area contributed by atoms with Crippen LogP contribution in [0.5, 0.6) is 6.01 Å². The van der Waals surface area contributed by atoms with Crippen LogP contribution >= 0.6 is 11.3 Å². The second-order valence-corrected chi connectivity index (χ2v) is 6.18. The van der Waals surface area contributed by atoms with Gasteiger partial charge in [-0.25, -0.2) is 14.4 Å². The molecule has 1 unspecified atom stereocenters. The van der Waals surface area contributed by atoms with Crippen LogP contribution in [0.15, 0.2) is 36.0 Å². The van der Waals surface area contributed by atoms with E-state index in [-0.39, 0.29) is 18.0 Å². The summed E-state index contributed by atoms with van der Waals surface area (Å²) in [7, 11) is 0. The fraction of sp³-hybridized carbons (Fsp3) is 0.312. The van der Waals surface area contributed by atoms with Crippen molar-refractivity contribution in [1.82, 2.24) is 14.9 Å². The lowest BCUT2D eigenvalue weighted by Gasteiger charge is -2.31. The van der Waals surface area contributed by atoms with Gasteiger partial charge in [0.25, 0.3) is 0 Å². The molecule has 1 fully saturated rings. The molecule has 0 radical (unpaired) electrons. The number of carbonyl (C=O) groups is 1. The van der Waals surface area contributed by atoms with E-state index in [9.17, 15) is 9.18 Å². The Morgan fingerprint density at radius 3 is 3.00 bits per heavy atom. The van der Waals surface area contributed by atoms with Gasteiger partial charge in [0.2, 0.25) is 5.91 Å². The number of hydrogen-bond donors (Lipinski definition) is 0. The van der Waals surface area contributed by atoms with Crippen molar-refractivity contribution in [2.75, 3.05) is 13.1 Å². The maximum atomic E-state index is 12.8. The highest BCUT2D eigenvalue weighted by Crippen LogP contribution is 2.16. The monoisotopic (exact) mass is 333 g/mol. The van der Waals surface area contributed by atoms with Crippen LogP contribution in [0.25, 0.3) is 6.08 Å². The van der Waals surface area contributed by atoms with E-state index in [1.165, 1.54) is 0 Å². The number of amides is 1. The summed E-state index contributed by atoms with van der Waals surface area (Å²) in [5, 5.41) is 1.97. The summed E-state index contributed by atoms with van der Waals surface area (Å²) < 4.78 is 18.4. The first kappa shape index (κ1) is 15.6. The molecule has 1 aliphatic heterocycles. The molecule has 23 heavy (non-hydrogen) atoms. The standard InChI is InChI=1S/C16H16FN3O2S/c17-12-9-18-16(19-10-12)22-13-3-1-7-20(11-13)15(21)6-5-14-4-2-8-23-14/h2,4-6,8-10,13H,1,3,7,11H2/b6-5+. The molecular formula is C16H16FN3O2S. The molecule has 2 aromatic rings. The molecule has 3 rings (SSSR count). The molecule has 0 spiro atoms. The quantitative estimate of drug-likeness (QED) is 0.808. The summed E-state index contributed by atoms with van der Waals surface area (Å²) in [6.07, 6.45) is 7.04. The van der Waals surface area contributed by atoms with Gasteiger partial charge in [-0.1, -0.05) is 6.07 Å². The predicted octanol–water partition coefficient (Wildman–Crippen LogP) is 2.76. The predicted molar refractivity (Wildman–Crippen MR) is 85.6 cm³/mol. The number of nitrogens with zero attached hydrogens (tertiary/aromatic N) is 3. The number of aromatic nitrogens is 2. The molecule has 1 atom stereocenters. The SMILES string of the molecule is O=C(/C=C/c1cccs1)N1CCCC(Oc2ncc(F)cn2)C1. The lowest BCUT2D eigenvalue weighted by atomic mass is 10.1. The van der Waals surface area contributed by atoms with Crippen molar-refractivity contribution in [1.29, 1.82) is 0 Å². The molecule has 0 bridgehead atoms. The number of rotatable bonds is 4. The van der Waals surface area contributed by atoms with Crippen molar-refractivity contribution in [3.05, 3.63) is 46.7 Å². The number of halogens is 1. The highest BCUT2D eigenvalue weighted by molar-refractivity contribution is 7.10. The second-order valence-electron chi connectivity index (χ2n) is 5.20. The molecule has 0 saturated carbocycles. The van der Waals surface area contributed by atoms with E-state index in [1.807, 2.05) is 23.6 Å². The smallest absolute Gasteiger partial charge is 0.316 e. The van der Waals surface area contributed by atoms with E-state index in [0.29, 0.717) is 13.1 Å². The van der Waals surface area contributed by atoms with Crippen molar-refractivity contribution in [3.63, 3.8) is 0 Å². The van der Waals surface area contributed by atoms with Gasteiger partial charge < -0.3 is 9.64 Å². The number of likely N-dealkylation sites (tertiary alicyclic amines) is 1. The zero-order valence-electron chi connectivity index (χ0n) is 12.4. The van der Waals surface area contributed by atoms with Crippen molar-refractivity contribution >= 4 is 23.3 Å². The minimum atomic E-state index is -0.503. The third-order valence-electron chi connectivity index (χ3n) is 3.49. The largest absolute Gasteiger partial charge is 0.458 e. The molecule has 7 heteroatoms. The highest BCUT2D eigenvalue weighted by atomic mass is 32.1. The van der Waals surface area contributed by atoms with Crippen LogP contribution in [-0.2, 0) is 4.79 Å². The molecule has 0 aliphatic carbocycles. The minimum Gasteiger partial charge on any atom is -0.458 e. The molecule has 0 N–H and O–H groups in total. The van der Waals surface area contributed by atoms with Crippen LogP contribution in [0, 0.1) is 5.82 Å². The molecule has 1 aliphatic rings. The Kier molecular flexibility index (Phi) is 4.97. The summed E-state index contributed by atoms with van der Waals surface area (Å²) in [5.74, 6) is -0.539. The number of hydrogen-bond acceptors (Lipinski definition) is 5. The Morgan fingerprint density at radius 1 is 1.43 bits per heavy atom. The first-order chi connectivity index (χ1) is 11.2. The van der Waals surface area contributed by atoms with Gasteiger partial charge in [0.1, 0.15) is 6.10 Å². The summed E-state index contributed by atoms with van der Waals surface area (Å²) >= 11 is 1.59. The fourth-order valence-electron chi connectivity index (χ4n) is 2.39. The summed E-state index contributed by atoms with van der Waals surface area (Å²) in [5.41, 5.74) is 0. The Balaban J connectivity index is 1.57. The van der Waals surface area contributed by atoms with Gasteiger partial charge in [-0.05, 0) is 30.4 Å². The van der Waals surface area contributed by atoms with Gasteiger partial charge in [-0.15, -0.1) is 11.3 Å². The van der Waals surface area contributed by atoms with Gasteiger partial charge >= 0.3 is 6.01 Å². The van der Waals surface area contributed by atoms with E-state index >= 15 is 0 Å². The Bertz CT molecular complexity index is 673. The lowest BCUT2D eigenvalue weighted by molar-refractivity contribution is -0.128. The van der Waals surface area contributed by atoms with Gasteiger partial charge in [0.05, 0.1) is 18.9 Å². The lowest BCUT2D eigenvalue weighted by Crippen LogP contribution is -2.43. The van der Waals surface area contributed by atoms with Crippen molar-refractivity contribution in [2.24, 2.45) is 0 Å². The Hall–Kier alpha value is -2.28. The average Bonchev–Trinajstić information content (AvgIpc) is 3.08. The maximum Gasteiger partial charge on any atom is 0.316 e. The van der Waals surface area contributed by atoms with Crippen LogP contribution in [0.4, 0.5) is 4.39 Å². The Labute approximate surface area is 137 Å². The fourth-order valence-corrected chi connectivity index (χ4v) is 3.01. The van der Waals surface area contributed by atoms with Crippen LogP contribution in [0.1, 0.15) is 17.7 Å². The highest BCUT2D eigenvalue weighted by Gasteiger charge is 2.24. The molecule has 0 aromatic carbocycles. The molecule has 5 nitrogen and oxygen atoms in total. The van der Waals surface area contributed by atoms with E-state index in [0.717, 1.165) is 30.1 Å². The number of piperidine rings is 1. The zero-order valence-corrected chi connectivity index (χ0v) is 13.2. The summed E-state index contributed by atoms with van der Waals surface area (Å²) in [6, 6.07) is 4.05. The number of ether oxygens (including phenoxy) is 1. The van der Waals surface area contributed by atoms with Gasteiger partial charge in [-0.3, -0.25) is 4.79 Å². The third-order valence-corrected chi connectivity index (χ3v) is 4.33. The first-order valence-corrected chi connectivity index (χ1v) is 8.23. The van der Waals surface area contributed by atoms with E-state index in [2.05, 4.69) is 9.97 Å². The minimum absolute atomic E-state index is 0.0354. The molecule has 3 heterocycles. The van der Waals surface area contributed by atoms with Gasteiger partial charge in [-0.2, -0.15) is 0 Å². The first-order valence-electron chi connectivity index (χ1n) is 7.35. The second kappa shape index (κ2) is 7.32.